The van der Waals surface area contributed by atoms with E-state index < -0.39 is 0 Å². The van der Waals surface area contributed by atoms with Crippen LogP contribution in [0.15, 0.2) is 24.3 Å². The molecule has 4 rings (SSSR count). The number of nitrogens with zero attached hydrogens (tertiary/aromatic N) is 3. The molecule has 0 N–H and O–H groups in total. The fourth-order valence-electron chi connectivity index (χ4n) is 4.42. The lowest BCUT2D eigenvalue weighted by molar-refractivity contribution is -0.141. The number of carbonyl (C=O) groups excluding carboxylic acids is 2. The van der Waals surface area contributed by atoms with E-state index in [9.17, 15) is 9.59 Å². The standard InChI is InChI=1S/C20H25N3O3/c1-26-19(25)13-23-17-10-6-5-9-16(17)21-20(23)14-11-18(24)22(12-14)15-7-3-2-4-8-15/h5-6,9-10,14-15H,2-4,7-8,11-13H2,1H3. The van der Waals surface area contributed by atoms with Crippen molar-refractivity contribution >= 4 is 22.9 Å². The molecule has 1 saturated heterocycles. The first-order chi connectivity index (χ1) is 12.7. The molecule has 1 aromatic heterocycles. The summed E-state index contributed by atoms with van der Waals surface area (Å²) in [4.78, 5) is 31.4. The molecule has 1 unspecified atom stereocenters. The molecule has 2 aromatic rings. The Kier molecular flexibility index (Phi) is 4.66. The first-order valence-electron chi connectivity index (χ1n) is 9.49. The van der Waals surface area contributed by atoms with Crippen LogP contribution in [-0.4, -0.2) is 46.0 Å². The van der Waals surface area contributed by atoms with Crippen LogP contribution in [-0.2, 0) is 20.9 Å². The molecular formula is C20H25N3O3. The van der Waals surface area contributed by atoms with Crippen LogP contribution in [0.1, 0.15) is 50.3 Å². The molecule has 138 valence electrons. The fourth-order valence-corrected chi connectivity index (χ4v) is 4.42. The highest BCUT2D eigenvalue weighted by Gasteiger charge is 2.37. The highest BCUT2D eigenvalue weighted by Crippen LogP contribution is 2.34. The minimum Gasteiger partial charge on any atom is -0.468 e. The first kappa shape index (κ1) is 17.1. The molecule has 6 nitrogen and oxygen atoms in total. The summed E-state index contributed by atoms with van der Waals surface area (Å²) in [7, 11) is 1.39. The Morgan fingerprint density at radius 3 is 2.77 bits per heavy atom. The SMILES string of the molecule is COC(=O)Cn1c(C2CC(=O)N(C3CCCCC3)C2)nc2ccccc21. The summed E-state index contributed by atoms with van der Waals surface area (Å²) in [5.41, 5.74) is 1.77. The van der Waals surface area contributed by atoms with E-state index in [1.54, 1.807) is 0 Å². The van der Waals surface area contributed by atoms with Gasteiger partial charge < -0.3 is 14.2 Å². The molecule has 0 bridgehead atoms. The lowest BCUT2D eigenvalue weighted by atomic mass is 9.94. The summed E-state index contributed by atoms with van der Waals surface area (Å²) in [5.74, 6) is 0.770. The molecule has 0 radical (unpaired) electrons. The summed E-state index contributed by atoms with van der Waals surface area (Å²) >= 11 is 0. The van der Waals surface area contributed by atoms with Crippen molar-refractivity contribution in [1.82, 2.24) is 14.5 Å². The van der Waals surface area contributed by atoms with Gasteiger partial charge in [0, 0.05) is 24.9 Å². The number of para-hydroxylation sites is 2. The number of likely N-dealkylation sites (tertiary alicyclic amines) is 1. The Labute approximate surface area is 153 Å². The smallest absolute Gasteiger partial charge is 0.325 e. The lowest BCUT2D eigenvalue weighted by Crippen LogP contribution is -2.37. The number of ether oxygens (including phenoxy) is 1. The summed E-state index contributed by atoms with van der Waals surface area (Å²) in [5, 5.41) is 0. The minimum absolute atomic E-state index is 0.0292. The summed E-state index contributed by atoms with van der Waals surface area (Å²) in [6.07, 6.45) is 6.38. The Morgan fingerprint density at radius 1 is 1.23 bits per heavy atom. The first-order valence-corrected chi connectivity index (χ1v) is 9.49. The number of carbonyl (C=O) groups is 2. The number of imidazole rings is 1. The molecule has 1 atom stereocenters. The van der Waals surface area contributed by atoms with Crippen molar-refractivity contribution in [2.75, 3.05) is 13.7 Å². The number of benzene rings is 1. The van der Waals surface area contributed by atoms with Crippen LogP contribution < -0.4 is 0 Å². The molecule has 2 fully saturated rings. The van der Waals surface area contributed by atoms with Gasteiger partial charge in [-0.25, -0.2) is 4.98 Å². The van der Waals surface area contributed by atoms with Crippen molar-refractivity contribution < 1.29 is 14.3 Å². The van der Waals surface area contributed by atoms with Gasteiger partial charge in [-0.05, 0) is 25.0 Å². The van der Waals surface area contributed by atoms with Gasteiger partial charge in [-0.15, -0.1) is 0 Å². The summed E-state index contributed by atoms with van der Waals surface area (Å²) in [6.45, 7) is 0.828. The average molecular weight is 355 g/mol. The van der Waals surface area contributed by atoms with Crippen LogP contribution >= 0.6 is 0 Å². The number of rotatable bonds is 4. The molecule has 2 aliphatic rings. The van der Waals surface area contributed by atoms with Gasteiger partial charge >= 0.3 is 5.97 Å². The number of methoxy groups -OCH3 is 1. The van der Waals surface area contributed by atoms with Crippen molar-refractivity contribution in [3.63, 3.8) is 0 Å². The van der Waals surface area contributed by atoms with E-state index in [4.69, 9.17) is 9.72 Å². The predicted octanol–water partition coefficient (Wildman–Crippen LogP) is 2.86. The third-order valence-electron chi connectivity index (χ3n) is 5.74. The summed E-state index contributed by atoms with van der Waals surface area (Å²) < 4.78 is 6.78. The second-order valence-electron chi connectivity index (χ2n) is 7.36. The fraction of sp³-hybridized carbons (Fsp3) is 0.550. The second-order valence-corrected chi connectivity index (χ2v) is 7.36. The van der Waals surface area contributed by atoms with Crippen molar-refractivity contribution in [2.24, 2.45) is 0 Å². The Balaban J connectivity index is 1.64. The van der Waals surface area contributed by atoms with Crippen molar-refractivity contribution in [1.29, 1.82) is 0 Å². The van der Waals surface area contributed by atoms with Gasteiger partial charge in [0.1, 0.15) is 12.4 Å². The Morgan fingerprint density at radius 2 is 2.00 bits per heavy atom. The molecule has 1 aromatic carbocycles. The van der Waals surface area contributed by atoms with E-state index in [1.807, 2.05) is 28.8 Å². The molecule has 2 heterocycles. The molecule has 1 aliphatic heterocycles. The third kappa shape index (κ3) is 3.08. The van der Waals surface area contributed by atoms with Gasteiger partial charge in [-0.1, -0.05) is 31.4 Å². The number of esters is 1. The number of aromatic nitrogens is 2. The van der Waals surface area contributed by atoms with Crippen LogP contribution in [0.3, 0.4) is 0 Å². The number of hydrogen-bond acceptors (Lipinski definition) is 4. The van der Waals surface area contributed by atoms with Gasteiger partial charge in [0.2, 0.25) is 5.91 Å². The van der Waals surface area contributed by atoms with Crippen LogP contribution in [0, 0.1) is 0 Å². The quantitative estimate of drug-likeness (QED) is 0.791. The van der Waals surface area contributed by atoms with E-state index in [0.29, 0.717) is 19.0 Å². The summed E-state index contributed by atoms with van der Waals surface area (Å²) in [6, 6.07) is 8.16. The van der Waals surface area contributed by atoms with E-state index in [-0.39, 0.29) is 24.3 Å². The molecule has 1 amide bonds. The van der Waals surface area contributed by atoms with Crippen LogP contribution in [0.5, 0.6) is 0 Å². The predicted molar refractivity (Wildman–Crippen MR) is 97.7 cm³/mol. The van der Waals surface area contributed by atoms with E-state index in [2.05, 4.69) is 4.90 Å². The lowest BCUT2D eigenvalue weighted by Gasteiger charge is -2.31. The highest BCUT2D eigenvalue weighted by atomic mass is 16.5. The molecule has 26 heavy (non-hydrogen) atoms. The van der Waals surface area contributed by atoms with Crippen LogP contribution in [0.2, 0.25) is 0 Å². The zero-order chi connectivity index (χ0) is 18.1. The van der Waals surface area contributed by atoms with Gasteiger partial charge in [0.25, 0.3) is 0 Å². The molecule has 0 spiro atoms. The molecule has 6 heteroatoms. The molecule has 1 saturated carbocycles. The zero-order valence-electron chi connectivity index (χ0n) is 15.2. The number of fused-ring (bicyclic) bond motifs is 1. The maximum absolute atomic E-state index is 12.7. The molecule has 1 aliphatic carbocycles. The Bertz CT molecular complexity index is 823. The topological polar surface area (TPSA) is 64.4 Å². The monoisotopic (exact) mass is 355 g/mol. The van der Waals surface area contributed by atoms with Crippen LogP contribution in [0.25, 0.3) is 11.0 Å². The minimum atomic E-state index is -0.303. The Hall–Kier alpha value is -2.37. The maximum atomic E-state index is 12.7. The number of hydrogen-bond donors (Lipinski definition) is 0. The van der Waals surface area contributed by atoms with Crippen LogP contribution in [0.4, 0.5) is 0 Å². The van der Waals surface area contributed by atoms with Crippen molar-refractivity contribution in [3.05, 3.63) is 30.1 Å². The van der Waals surface area contributed by atoms with Gasteiger partial charge in [0.05, 0.1) is 18.1 Å². The number of amides is 1. The van der Waals surface area contributed by atoms with Crippen molar-refractivity contribution in [2.45, 2.75) is 57.0 Å². The average Bonchev–Trinajstić information content (AvgIpc) is 3.23. The largest absolute Gasteiger partial charge is 0.468 e. The van der Waals surface area contributed by atoms with E-state index in [1.165, 1.54) is 26.4 Å². The molecular weight excluding hydrogens is 330 g/mol. The normalized spacial score (nSPS) is 21.5. The van der Waals surface area contributed by atoms with Crippen molar-refractivity contribution in [3.8, 4) is 0 Å². The zero-order valence-corrected chi connectivity index (χ0v) is 15.2. The van der Waals surface area contributed by atoms with Gasteiger partial charge in [0.15, 0.2) is 0 Å². The van der Waals surface area contributed by atoms with E-state index in [0.717, 1.165) is 29.7 Å². The third-order valence-corrected chi connectivity index (χ3v) is 5.74. The maximum Gasteiger partial charge on any atom is 0.325 e. The highest BCUT2D eigenvalue weighted by molar-refractivity contribution is 5.82. The van der Waals surface area contributed by atoms with Gasteiger partial charge in [-0.2, -0.15) is 0 Å². The van der Waals surface area contributed by atoms with E-state index >= 15 is 0 Å². The second kappa shape index (κ2) is 7.09. The van der Waals surface area contributed by atoms with Gasteiger partial charge in [-0.3, -0.25) is 9.59 Å².